The molecule has 2 aromatic heterocycles. The number of nitrogens with one attached hydrogen (secondary N) is 1. The summed E-state index contributed by atoms with van der Waals surface area (Å²) < 4.78 is 0. The summed E-state index contributed by atoms with van der Waals surface area (Å²) in [6.07, 6.45) is 3.71. The Morgan fingerprint density at radius 1 is 1.10 bits per heavy atom. The normalized spacial score (nSPS) is 10.9. The van der Waals surface area contributed by atoms with Gasteiger partial charge in [-0.1, -0.05) is 19.1 Å². The van der Waals surface area contributed by atoms with Crippen molar-refractivity contribution < 1.29 is 0 Å². The molecule has 2 rings (SSSR count). The highest BCUT2D eigenvalue weighted by atomic mass is 15.1. The highest BCUT2D eigenvalue weighted by molar-refractivity contribution is 5.12. The van der Waals surface area contributed by atoms with Crippen molar-refractivity contribution in [3.05, 3.63) is 59.7 Å². The zero-order valence-corrected chi connectivity index (χ0v) is 12.2. The van der Waals surface area contributed by atoms with Crippen LogP contribution < -0.4 is 5.32 Å². The molecular formula is C16H22N4. The average Bonchev–Trinajstić information content (AvgIpc) is 2.46. The van der Waals surface area contributed by atoms with Crippen LogP contribution in [-0.2, 0) is 19.6 Å². The minimum atomic E-state index is 0.830. The molecule has 0 fully saturated rings. The molecule has 0 aromatic carbocycles. The largest absolute Gasteiger partial charge is 0.311 e. The van der Waals surface area contributed by atoms with E-state index in [9.17, 15) is 0 Å². The third-order valence-electron chi connectivity index (χ3n) is 3.03. The van der Waals surface area contributed by atoms with Gasteiger partial charge < -0.3 is 5.32 Å². The molecule has 0 spiro atoms. The lowest BCUT2D eigenvalue weighted by molar-refractivity contribution is 0.314. The molecule has 4 heteroatoms. The van der Waals surface area contributed by atoms with Crippen LogP contribution in [0.1, 0.15) is 23.9 Å². The quantitative estimate of drug-likeness (QED) is 0.837. The van der Waals surface area contributed by atoms with Crippen molar-refractivity contribution in [3.63, 3.8) is 0 Å². The Morgan fingerprint density at radius 2 is 1.95 bits per heavy atom. The minimum Gasteiger partial charge on any atom is -0.311 e. The van der Waals surface area contributed by atoms with E-state index in [1.807, 2.05) is 12.3 Å². The van der Waals surface area contributed by atoms with E-state index in [2.05, 4.69) is 58.4 Å². The molecule has 0 unspecified atom stereocenters. The Balaban J connectivity index is 1.92. The summed E-state index contributed by atoms with van der Waals surface area (Å²) >= 11 is 0. The lowest BCUT2D eigenvalue weighted by atomic mass is 10.2. The molecule has 0 aliphatic carbocycles. The van der Waals surface area contributed by atoms with Crippen molar-refractivity contribution in [1.29, 1.82) is 0 Å². The van der Waals surface area contributed by atoms with Crippen molar-refractivity contribution >= 4 is 0 Å². The van der Waals surface area contributed by atoms with E-state index >= 15 is 0 Å². The predicted molar refractivity (Wildman–Crippen MR) is 81.0 cm³/mol. The maximum absolute atomic E-state index is 4.67. The molecule has 0 saturated carbocycles. The lowest BCUT2D eigenvalue weighted by Gasteiger charge is -2.16. The van der Waals surface area contributed by atoms with Crippen LogP contribution in [0, 0.1) is 0 Å². The van der Waals surface area contributed by atoms with Gasteiger partial charge in [0, 0.05) is 32.0 Å². The maximum atomic E-state index is 4.67. The van der Waals surface area contributed by atoms with E-state index in [0.717, 1.165) is 37.6 Å². The van der Waals surface area contributed by atoms with E-state index < -0.39 is 0 Å². The summed E-state index contributed by atoms with van der Waals surface area (Å²) in [5.74, 6) is 0. The first-order chi connectivity index (χ1) is 9.78. The fraction of sp³-hybridized carbons (Fsp3) is 0.375. The summed E-state index contributed by atoms with van der Waals surface area (Å²) in [4.78, 5) is 11.1. The van der Waals surface area contributed by atoms with E-state index in [-0.39, 0.29) is 0 Å². The molecule has 106 valence electrons. The second-order valence-corrected chi connectivity index (χ2v) is 4.93. The van der Waals surface area contributed by atoms with Crippen LogP contribution in [0.25, 0.3) is 0 Å². The van der Waals surface area contributed by atoms with E-state index in [1.54, 1.807) is 6.20 Å². The number of hydrogen-bond acceptors (Lipinski definition) is 4. The van der Waals surface area contributed by atoms with Crippen molar-refractivity contribution in [2.24, 2.45) is 0 Å². The van der Waals surface area contributed by atoms with Gasteiger partial charge in [-0.15, -0.1) is 0 Å². The topological polar surface area (TPSA) is 41.0 Å². The molecule has 2 aromatic rings. The van der Waals surface area contributed by atoms with Gasteiger partial charge >= 0.3 is 0 Å². The van der Waals surface area contributed by atoms with Gasteiger partial charge in [0.15, 0.2) is 0 Å². The Bertz CT molecular complexity index is 513. The van der Waals surface area contributed by atoms with Crippen molar-refractivity contribution in [3.8, 4) is 0 Å². The first kappa shape index (κ1) is 14.6. The van der Waals surface area contributed by atoms with Gasteiger partial charge in [-0.05, 0) is 37.4 Å². The fourth-order valence-corrected chi connectivity index (χ4v) is 2.10. The molecule has 0 atom stereocenters. The summed E-state index contributed by atoms with van der Waals surface area (Å²) in [6, 6.07) is 10.3. The van der Waals surface area contributed by atoms with E-state index in [4.69, 9.17) is 0 Å². The van der Waals surface area contributed by atoms with Crippen LogP contribution >= 0.6 is 0 Å². The molecule has 2 heterocycles. The predicted octanol–water partition coefficient (Wildman–Crippen LogP) is 2.22. The van der Waals surface area contributed by atoms with Gasteiger partial charge in [0.2, 0.25) is 0 Å². The third-order valence-corrected chi connectivity index (χ3v) is 3.03. The minimum absolute atomic E-state index is 0.830. The summed E-state index contributed by atoms with van der Waals surface area (Å²) in [6.45, 7) is 5.62. The standard InChI is InChI=1S/C16H22N4/c1-3-17-11-15-7-4-8-16(19-15)13-20(2)12-14-6-5-9-18-10-14/h4-10,17H,3,11-13H2,1-2H3. The molecule has 4 nitrogen and oxygen atoms in total. The second kappa shape index (κ2) is 7.72. The Labute approximate surface area is 120 Å². The monoisotopic (exact) mass is 270 g/mol. The summed E-state index contributed by atoms with van der Waals surface area (Å²) in [5, 5.41) is 3.30. The Morgan fingerprint density at radius 3 is 2.70 bits per heavy atom. The molecule has 0 radical (unpaired) electrons. The second-order valence-electron chi connectivity index (χ2n) is 4.93. The molecule has 0 amide bonds. The van der Waals surface area contributed by atoms with Gasteiger partial charge in [-0.2, -0.15) is 0 Å². The summed E-state index contributed by atoms with van der Waals surface area (Å²) in [5.41, 5.74) is 3.42. The zero-order chi connectivity index (χ0) is 14.2. The smallest absolute Gasteiger partial charge is 0.0547 e. The highest BCUT2D eigenvalue weighted by Gasteiger charge is 2.04. The molecule has 0 bridgehead atoms. The van der Waals surface area contributed by atoms with Crippen molar-refractivity contribution in [2.45, 2.75) is 26.6 Å². The molecule has 20 heavy (non-hydrogen) atoms. The Kier molecular flexibility index (Phi) is 5.65. The Hall–Kier alpha value is -1.78. The van der Waals surface area contributed by atoms with Gasteiger partial charge in [-0.25, -0.2) is 0 Å². The molecule has 0 saturated heterocycles. The first-order valence-corrected chi connectivity index (χ1v) is 7.01. The number of pyridine rings is 2. The molecule has 0 aliphatic rings. The van der Waals surface area contributed by atoms with Gasteiger partial charge in [0.25, 0.3) is 0 Å². The number of aromatic nitrogens is 2. The fourth-order valence-electron chi connectivity index (χ4n) is 2.10. The maximum Gasteiger partial charge on any atom is 0.0547 e. The average molecular weight is 270 g/mol. The number of rotatable bonds is 7. The van der Waals surface area contributed by atoms with Crippen LogP contribution in [0.5, 0.6) is 0 Å². The van der Waals surface area contributed by atoms with Gasteiger partial charge in [0.05, 0.1) is 11.4 Å². The highest BCUT2D eigenvalue weighted by Crippen LogP contribution is 2.06. The van der Waals surface area contributed by atoms with Crippen molar-refractivity contribution in [1.82, 2.24) is 20.2 Å². The van der Waals surface area contributed by atoms with E-state index in [0.29, 0.717) is 0 Å². The van der Waals surface area contributed by atoms with Crippen LogP contribution in [0.3, 0.4) is 0 Å². The van der Waals surface area contributed by atoms with Crippen LogP contribution in [0.15, 0.2) is 42.7 Å². The number of nitrogens with zero attached hydrogens (tertiary/aromatic N) is 3. The van der Waals surface area contributed by atoms with Crippen LogP contribution in [0.4, 0.5) is 0 Å². The van der Waals surface area contributed by atoms with Gasteiger partial charge in [0.1, 0.15) is 0 Å². The summed E-state index contributed by atoms with van der Waals surface area (Å²) in [7, 11) is 2.10. The molecular weight excluding hydrogens is 248 g/mol. The SMILES string of the molecule is CCNCc1cccc(CN(C)Cc2cccnc2)n1. The molecule has 1 N–H and O–H groups in total. The third kappa shape index (κ3) is 4.72. The van der Waals surface area contributed by atoms with E-state index in [1.165, 1.54) is 5.56 Å². The van der Waals surface area contributed by atoms with Gasteiger partial charge in [-0.3, -0.25) is 14.9 Å². The molecule has 0 aliphatic heterocycles. The van der Waals surface area contributed by atoms with Crippen LogP contribution in [-0.4, -0.2) is 28.5 Å². The zero-order valence-electron chi connectivity index (χ0n) is 12.2. The first-order valence-electron chi connectivity index (χ1n) is 7.01. The lowest BCUT2D eigenvalue weighted by Crippen LogP contribution is -2.19. The van der Waals surface area contributed by atoms with Crippen LogP contribution in [0.2, 0.25) is 0 Å². The van der Waals surface area contributed by atoms with Crippen molar-refractivity contribution in [2.75, 3.05) is 13.6 Å². The number of hydrogen-bond donors (Lipinski definition) is 1.